The number of nitrogens with one attached hydrogen (secondary N) is 2. The Kier molecular flexibility index (Phi) is 10.1. The maximum absolute atomic E-state index is 12.2. The first-order valence-corrected chi connectivity index (χ1v) is 8.35. The van der Waals surface area contributed by atoms with E-state index in [9.17, 15) is 13.2 Å². The zero-order chi connectivity index (χ0) is 16.6. The van der Waals surface area contributed by atoms with E-state index in [0.29, 0.717) is 26.1 Å². The molecule has 0 aliphatic carbocycles. The molecule has 1 aromatic heterocycles. The van der Waals surface area contributed by atoms with E-state index < -0.39 is 16.0 Å². The number of sulfonamides is 1. The molecule has 0 aliphatic heterocycles. The summed E-state index contributed by atoms with van der Waals surface area (Å²) in [6.07, 6.45) is 0.347. The Morgan fingerprint density at radius 1 is 1.26 bits per heavy atom. The number of carbonyl (C=O) groups is 1. The van der Waals surface area contributed by atoms with Crippen molar-refractivity contribution < 1.29 is 27.1 Å². The van der Waals surface area contributed by atoms with Crippen LogP contribution in [0.5, 0.6) is 0 Å². The van der Waals surface area contributed by atoms with E-state index in [1.165, 1.54) is 13.2 Å². The van der Waals surface area contributed by atoms with Gasteiger partial charge in [0.1, 0.15) is 10.7 Å². The summed E-state index contributed by atoms with van der Waals surface area (Å²) in [7, 11) is -0.945. The fraction of sp³-hybridized carbons (Fsp3) is 0.615. The molecule has 2 N–H and O–H groups in total. The van der Waals surface area contributed by atoms with Crippen molar-refractivity contribution in [2.45, 2.75) is 18.2 Å². The van der Waals surface area contributed by atoms with Gasteiger partial charge in [-0.05, 0) is 0 Å². The molecule has 0 aliphatic rings. The highest BCUT2D eigenvalue weighted by Crippen LogP contribution is 2.21. The molecule has 0 spiro atoms. The summed E-state index contributed by atoms with van der Waals surface area (Å²) in [5.41, 5.74) is 0. The highest BCUT2D eigenvalue weighted by atomic mass is 35.5. The van der Waals surface area contributed by atoms with E-state index in [-0.39, 0.29) is 35.4 Å². The Hall–Kier alpha value is -1.13. The van der Waals surface area contributed by atoms with Crippen LogP contribution in [0.4, 0.5) is 0 Å². The zero-order valence-corrected chi connectivity index (χ0v) is 15.0. The van der Waals surface area contributed by atoms with E-state index in [2.05, 4.69) is 14.8 Å². The minimum absolute atomic E-state index is 0. The minimum Gasteiger partial charge on any atom is -0.463 e. The molecule has 0 fully saturated rings. The number of carbonyl (C=O) groups excluding carboxylic acids is 1. The van der Waals surface area contributed by atoms with Crippen LogP contribution < -0.4 is 10.0 Å². The molecule has 0 radical (unpaired) electrons. The molecular formula is C13H23ClN2O6S. The monoisotopic (exact) mass is 370 g/mol. The maximum atomic E-state index is 12.2. The molecule has 0 unspecified atom stereocenters. The van der Waals surface area contributed by atoms with Gasteiger partial charge in [-0.25, -0.2) is 17.9 Å². The van der Waals surface area contributed by atoms with E-state index in [4.69, 9.17) is 9.15 Å². The van der Waals surface area contributed by atoms with Gasteiger partial charge < -0.3 is 19.2 Å². The normalized spacial score (nSPS) is 11.1. The summed E-state index contributed by atoms with van der Waals surface area (Å²) in [6, 6.07) is 1.19. The van der Waals surface area contributed by atoms with Crippen LogP contribution in [-0.2, 0) is 25.9 Å². The van der Waals surface area contributed by atoms with Gasteiger partial charge in [-0.1, -0.05) is 6.92 Å². The van der Waals surface area contributed by atoms with Gasteiger partial charge in [0.25, 0.3) is 0 Å². The molecule has 0 aromatic carbocycles. The summed E-state index contributed by atoms with van der Waals surface area (Å²) in [5, 5.41) is 3.02. The quantitative estimate of drug-likeness (QED) is 0.458. The lowest BCUT2D eigenvalue weighted by Gasteiger charge is -2.07. The van der Waals surface area contributed by atoms with E-state index in [0.717, 1.165) is 0 Å². The third kappa shape index (κ3) is 6.48. The van der Waals surface area contributed by atoms with Gasteiger partial charge in [0.15, 0.2) is 0 Å². The Labute approximate surface area is 142 Å². The summed E-state index contributed by atoms with van der Waals surface area (Å²) in [4.78, 5) is 11.4. The summed E-state index contributed by atoms with van der Waals surface area (Å²) >= 11 is 0. The predicted molar refractivity (Wildman–Crippen MR) is 86.6 cm³/mol. The second-order valence-electron chi connectivity index (χ2n) is 4.38. The van der Waals surface area contributed by atoms with Crippen LogP contribution in [0.1, 0.15) is 23.2 Å². The lowest BCUT2D eigenvalue weighted by molar-refractivity contribution is 0.0563. The van der Waals surface area contributed by atoms with Gasteiger partial charge in [-0.2, -0.15) is 0 Å². The first-order valence-electron chi connectivity index (χ1n) is 6.86. The van der Waals surface area contributed by atoms with E-state index >= 15 is 0 Å². The van der Waals surface area contributed by atoms with Crippen LogP contribution in [0.25, 0.3) is 0 Å². The Bertz CT molecular complexity index is 587. The first-order chi connectivity index (χ1) is 10.5. The second kappa shape index (κ2) is 10.6. The molecule has 10 heteroatoms. The fourth-order valence-electron chi connectivity index (χ4n) is 1.74. The number of hydrogen-bond donors (Lipinski definition) is 2. The topological polar surface area (TPSA) is 107 Å². The Morgan fingerprint density at radius 3 is 2.52 bits per heavy atom. The van der Waals surface area contributed by atoms with Gasteiger partial charge in [0, 0.05) is 39.2 Å². The number of esters is 1. The molecule has 0 atom stereocenters. The van der Waals surface area contributed by atoms with Crippen molar-refractivity contribution in [2.75, 3.05) is 40.5 Å². The number of ether oxygens (including phenoxy) is 2. The number of halogens is 1. The van der Waals surface area contributed by atoms with Crippen LogP contribution in [0, 0.1) is 0 Å². The number of hydrogen-bond acceptors (Lipinski definition) is 7. The van der Waals surface area contributed by atoms with Crippen LogP contribution in [0.3, 0.4) is 0 Å². The second-order valence-corrected chi connectivity index (χ2v) is 6.12. The number of furan rings is 1. The van der Waals surface area contributed by atoms with Gasteiger partial charge in [0.05, 0.1) is 13.7 Å². The standard InChI is InChI=1S/C13H22N2O6S.ClH/c1-4-10-12(9-11(21-10)13(16)20-3)22(17,18)15-6-5-14-7-8-19-2;/h9,14-15H,4-8H2,1-3H3;1H. The number of aryl methyl sites for hydroxylation is 1. The van der Waals surface area contributed by atoms with E-state index in [1.54, 1.807) is 14.0 Å². The lowest BCUT2D eigenvalue weighted by Crippen LogP contribution is -2.33. The molecule has 0 amide bonds. The van der Waals surface area contributed by atoms with Crippen molar-refractivity contribution >= 4 is 28.4 Å². The van der Waals surface area contributed by atoms with Crippen molar-refractivity contribution in [3.63, 3.8) is 0 Å². The smallest absolute Gasteiger partial charge is 0.373 e. The molecule has 8 nitrogen and oxygen atoms in total. The molecule has 0 saturated carbocycles. The molecule has 1 heterocycles. The lowest BCUT2D eigenvalue weighted by atomic mass is 10.3. The third-order valence-electron chi connectivity index (χ3n) is 2.84. The molecule has 1 aromatic rings. The zero-order valence-electron chi connectivity index (χ0n) is 13.4. The average Bonchev–Trinajstić information content (AvgIpc) is 2.95. The molecule has 1 rings (SSSR count). The third-order valence-corrected chi connectivity index (χ3v) is 4.35. The first kappa shape index (κ1) is 21.9. The number of rotatable bonds is 10. The maximum Gasteiger partial charge on any atom is 0.373 e. The molecule has 134 valence electrons. The van der Waals surface area contributed by atoms with Gasteiger partial charge in [-0.3, -0.25) is 0 Å². The highest BCUT2D eigenvalue weighted by molar-refractivity contribution is 7.89. The van der Waals surface area contributed by atoms with Crippen LogP contribution in [0.2, 0.25) is 0 Å². The van der Waals surface area contributed by atoms with Crippen molar-refractivity contribution in [2.24, 2.45) is 0 Å². The van der Waals surface area contributed by atoms with E-state index in [1.807, 2.05) is 0 Å². The van der Waals surface area contributed by atoms with Crippen molar-refractivity contribution in [3.05, 3.63) is 17.6 Å². The largest absolute Gasteiger partial charge is 0.463 e. The SMILES string of the molecule is CCc1oc(C(=O)OC)cc1S(=O)(=O)NCCNCCOC.Cl. The predicted octanol–water partition coefficient (Wildman–Crippen LogP) is 0.565. The Balaban J connectivity index is 0.00000484. The van der Waals surface area contributed by atoms with Crippen molar-refractivity contribution in [3.8, 4) is 0 Å². The molecule has 0 saturated heterocycles. The van der Waals surface area contributed by atoms with Crippen molar-refractivity contribution in [1.82, 2.24) is 10.0 Å². The van der Waals surface area contributed by atoms with Gasteiger partial charge in [0.2, 0.25) is 15.8 Å². The van der Waals surface area contributed by atoms with Gasteiger partial charge >= 0.3 is 5.97 Å². The van der Waals surface area contributed by atoms with Crippen molar-refractivity contribution in [1.29, 1.82) is 0 Å². The summed E-state index contributed by atoms with van der Waals surface area (Å²) in [6.45, 7) is 3.61. The van der Waals surface area contributed by atoms with Gasteiger partial charge in [-0.15, -0.1) is 12.4 Å². The molecule has 0 bridgehead atoms. The molecular weight excluding hydrogens is 348 g/mol. The van der Waals surface area contributed by atoms with Crippen LogP contribution >= 0.6 is 12.4 Å². The Morgan fingerprint density at radius 2 is 1.96 bits per heavy atom. The summed E-state index contributed by atoms with van der Waals surface area (Å²) in [5.74, 6) is -0.615. The highest BCUT2D eigenvalue weighted by Gasteiger charge is 2.25. The fourth-order valence-corrected chi connectivity index (χ4v) is 3.01. The average molecular weight is 371 g/mol. The number of methoxy groups -OCH3 is 2. The van der Waals surface area contributed by atoms with Crippen LogP contribution in [0.15, 0.2) is 15.4 Å². The summed E-state index contributed by atoms with van der Waals surface area (Å²) < 4.78 is 41.6. The minimum atomic E-state index is -3.74. The molecule has 23 heavy (non-hydrogen) atoms. The van der Waals surface area contributed by atoms with Crippen LogP contribution in [-0.4, -0.2) is 54.8 Å².